The van der Waals surface area contributed by atoms with Crippen molar-refractivity contribution in [2.75, 3.05) is 6.54 Å². The van der Waals surface area contributed by atoms with E-state index in [1.807, 2.05) is 24.3 Å². The summed E-state index contributed by atoms with van der Waals surface area (Å²) in [6.07, 6.45) is 7.40. The molecular formula is C21H24N2O2. The molecule has 0 N–H and O–H groups in total. The van der Waals surface area contributed by atoms with E-state index in [0.29, 0.717) is 13.0 Å². The van der Waals surface area contributed by atoms with Crippen LogP contribution < -0.4 is 0 Å². The van der Waals surface area contributed by atoms with E-state index in [-0.39, 0.29) is 17.8 Å². The third kappa shape index (κ3) is 5.24. The highest BCUT2D eigenvalue weighted by Gasteiger charge is 2.26. The third-order valence-corrected chi connectivity index (χ3v) is 4.37. The SMILES string of the molecule is O=C(CCCCCCc1ccccc1)C1=NCC(c2ccccn2)O1. The van der Waals surface area contributed by atoms with Crippen molar-refractivity contribution >= 4 is 11.7 Å². The smallest absolute Gasteiger partial charge is 0.254 e. The minimum absolute atomic E-state index is 0.0153. The van der Waals surface area contributed by atoms with Gasteiger partial charge in [0.05, 0.1) is 12.2 Å². The van der Waals surface area contributed by atoms with Gasteiger partial charge in [0.15, 0.2) is 6.10 Å². The minimum atomic E-state index is -0.217. The molecule has 0 amide bonds. The fourth-order valence-corrected chi connectivity index (χ4v) is 2.97. The van der Waals surface area contributed by atoms with E-state index in [1.54, 1.807) is 6.20 Å². The van der Waals surface area contributed by atoms with Crippen molar-refractivity contribution in [1.29, 1.82) is 0 Å². The number of pyridine rings is 1. The highest BCUT2D eigenvalue weighted by Crippen LogP contribution is 2.22. The lowest BCUT2D eigenvalue weighted by Crippen LogP contribution is -2.15. The van der Waals surface area contributed by atoms with Gasteiger partial charge in [-0.25, -0.2) is 4.99 Å². The van der Waals surface area contributed by atoms with Crippen LogP contribution in [-0.2, 0) is 16.0 Å². The molecule has 2 heterocycles. The lowest BCUT2D eigenvalue weighted by Gasteiger charge is -2.09. The zero-order valence-electron chi connectivity index (χ0n) is 14.4. The number of aliphatic imine (C=N–C) groups is 1. The van der Waals surface area contributed by atoms with Gasteiger partial charge in [0.2, 0.25) is 5.78 Å². The standard InChI is InChI=1S/C21H24N2O2/c24-19(14-7-2-1-4-10-17-11-5-3-6-12-17)21-23-16-20(25-21)18-13-8-9-15-22-18/h3,5-6,8-9,11-13,15,20H,1-2,4,7,10,14,16H2. The molecule has 4 heteroatoms. The van der Waals surface area contributed by atoms with Crippen LogP contribution in [0, 0.1) is 0 Å². The number of rotatable bonds is 9. The highest BCUT2D eigenvalue weighted by atomic mass is 16.5. The van der Waals surface area contributed by atoms with Gasteiger partial charge in [0, 0.05) is 12.6 Å². The summed E-state index contributed by atoms with van der Waals surface area (Å²) in [4.78, 5) is 20.7. The molecule has 0 aliphatic carbocycles. The molecule has 4 nitrogen and oxygen atoms in total. The van der Waals surface area contributed by atoms with Crippen molar-refractivity contribution in [3.8, 4) is 0 Å². The van der Waals surface area contributed by atoms with Gasteiger partial charge in [-0.2, -0.15) is 0 Å². The molecule has 0 saturated heterocycles. The molecule has 0 radical (unpaired) electrons. The summed E-state index contributed by atoms with van der Waals surface area (Å²) in [6.45, 7) is 0.481. The summed E-state index contributed by atoms with van der Waals surface area (Å²) in [5, 5.41) is 0. The first-order valence-electron chi connectivity index (χ1n) is 9.02. The van der Waals surface area contributed by atoms with E-state index in [1.165, 1.54) is 5.56 Å². The van der Waals surface area contributed by atoms with E-state index in [0.717, 1.165) is 37.8 Å². The normalized spacial score (nSPS) is 16.3. The Bertz CT molecular complexity index is 698. The number of unbranched alkanes of at least 4 members (excludes halogenated alkanes) is 3. The van der Waals surface area contributed by atoms with Crippen molar-refractivity contribution in [1.82, 2.24) is 4.98 Å². The molecule has 1 aromatic heterocycles. The first kappa shape index (κ1) is 17.3. The monoisotopic (exact) mass is 336 g/mol. The van der Waals surface area contributed by atoms with E-state index in [4.69, 9.17) is 4.74 Å². The van der Waals surface area contributed by atoms with Crippen molar-refractivity contribution in [3.63, 3.8) is 0 Å². The molecule has 0 saturated carbocycles. The Kier molecular flexibility index (Phi) is 6.32. The van der Waals surface area contributed by atoms with Gasteiger partial charge >= 0.3 is 0 Å². The zero-order chi connectivity index (χ0) is 17.3. The lowest BCUT2D eigenvalue weighted by molar-refractivity contribution is -0.114. The predicted molar refractivity (Wildman–Crippen MR) is 98.6 cm³/mol. The van der Waals surface area contributed by atoms with Gasteiger partial charge in [-0.15, -0.1) is 0 Å². The average molecular weight is 336 g/mol. The van der Waals surface area contributed by atoms with Crippen LogP contribution in [0.4, 0.5) is 0 Å². The summed E-state index contributed by atoms with van der Waals surface area (Å²) < 4.78 is 5.68. The number of aromatic nitrogens is 1. The number of nitrogens with zero attached hydrogens (tertiary/aromatic N) is 2. The Morgan fingerprint density at radius 2 is 1.80 bits per heavy atom. The Hall–Kier alpha value is -2.49. The number of aryl methyl sites for hydroxylation is 1. The molecular weight excluding hydrogens is 312 g/mol. The third-order valence-electron chi connectivity index (χ3n) is 4.37. The molecule has 1 aromatic carbocycles. The fraction of sp³-hybridized carbons (Fsp3) is 0.381. The van der Waals surface area contributed by atoms with Crippen molar-refractivity contribution < 1.29 is 9.53 Å². The molecule has 0 spiro atoms. The molecule has 2 aromatic rings. The predicted octanol–water partition coefficient (Wildman–Crippen LogP) is 4.31. The highest BCUT2D eigenvalue weighted by molar-refractivity contribution is 6.36. The van der Waals surface area contributed by atoms with Crippen LogP contribution in [0.15, 0.2) is 59.7 Å². The van der Waals surface area contributed by atoms with Crippen LogP contribution in [0.2, 0.25) is 0 Å². The number of Topliss-reactive ketones (excluding diaryl/α,β-unsaturated/α-hetero) is 1. The Morgan fingerprint density at radius 3 is 2.60 bits per heavy atom. The molecule has 130 valence electrons. The molecule has 1 atom stereocenters. The van der Waals surface area contributed by atoms with Crippen molar-refractivity contribution in [2.24, 2.45) is 4.99 Å². The van der Waals surface area contributed by atoms with Gasteiger partial charge < -0.3 is 4.74 Å². The maximum atomic E-state index is 12.2. The van der Waals surface area contributed by atoms with E-state index in [2.05, 4.69) is 34.2 Å². The lowest BCUT2D eigenvalue weighted by atomic mass is 10.0. The number of ether oxygens (including phenoxy) is 1. The van der Waals surface area contributed by atoms with Gasteiger partial charge in [0.25, 0.3) is 5.90 Å². The van der Waals surface area contributed by atoms with Crippen molar-refractivity contribution in [3.05, 3.63) is 66.0 Å². The van der Waals surface area contributed by atoms with Crippen LogP contribution in [0.1, 0.15) is 49.5 Å². The van der Waals surface area contributed by atoms with Crippen LogP contribution in [0.25, 0.3) is 0 Å². The molecule has 25 heavy (non-hydrogen) atoms. The first-order chi connectivity index (χ1) is 12.3. The largest absolute Gasteiger partial charge is 0.464 e. The van der Waals surface area contributed by atoms with Crippen LogP contribution in [0.3, 0.4) is 0 Å². The second-order valence-electron chi connectivity index (χ2n) is 6.33. The fourth-order valence-electron chi connectivity index (χ4n) is 2.97. The first-order valence-corrected chi connectivity index (χ1v) is 9.02. The van der Waals surface area contributed by atoms with Gasteiger partial charge in [-0.3, -0.25) is 9.78 Å². The number of carbonyl (C=O) groups is 1. The summed E-state index contributed by atoms with van der Waals surface area (Å²) in [5.74, 6) is 0.293. The molecule has 1 aliphatic rings. The van der Waals surface area contributed by atoms with Crippen LogP contribution in [0.5, 0.6) is 0 Å². The molecule has 3 rings (SSSR count). The minimum Gasteiger partial charge on any atom is -0.464 e. The van der Waals surface area contributed by atoms with Crippen LogP contribution >= 0.6 is 0 Å². The molecule has 0 bridgehead atoms. The summed E-state index contributed by atoms with van der Waals surface area (Å²) in [5.41, 5.74) is 2.21. The summed E-state index contributed by atoms with van der Waals surface area (Å²) in [6, 6.07) is 16.2. The van der Waals surface area contributed by atoms with Crippen molar-refractivity contribution in [2.45, 2.75) is 44.6 Å². The van der Waals surface area contributed by atoms with E-state index >= 15 is 0 Å². The average Bonchev–Trinajstić information content (AvgIpc) is 3.16. The maximum Gasteiger partial charge on any atom is 0.254 e. The molecule has 0 fully saturated rings. The summed E-state index contributed by atoms with van der Waals surface area (Å²) >= 11 is 0. The topological polar surface area (TPSA) is 51.5 Å². The van der Waals surface area contributed by atoms with Gasteiger partial charge in [-0.05, 0) is 37.0 Å². The Morgan fingerprint density at radius 1 is 1.00 bits per heavy atom. The number of carbonyl (C=O) groups excluding carboxylic acids is 1. The number of benzene rings is 1. The summed E-state index contributed by atoms with van der Waals surface area (Å²) in [7, 11) is 0. The van der Waals surface area contributed by atoms with E-state index < -0.39 is 0 Å². The van der Waals surface area contributed by atoms with E-state index in [9.17, 15) is 4.79 Å². The second-order valence-corrected chi connectivity index (χ2v) is 6.33. The zero-order valence-corrected chi connectivity index (χ0v) is 14.4. The second kappa shape index (κ2) is 9.11. The number of hydrogen-bond donors (Lipinski definition) is 0. The molecule has 1 aliphatic heterocycles. The Labute approximate surface area is 149 Å². The van der Waals surface area contributed by atoms with Crippen LogP contribution in [-0.4, -0.2) is 23.2 Å². The number of ketones is 1. The van der Waals surface area contributed by atoms with Gasteiger partial charge in [-0.1, -0.05) is 49.2 Å². The number of hydrogen-bond acceptors (Lipinski definition) is 4. The van der Waals surface area contributed by atoms with Gasteiger partial charge in [0.1, 0.15) is 0 Å². The quantitative estimate of drug-likeness (QED) is 0.641. The Balaban J connectivity index is 1.31. The maximum absolute atomic E-state index is 12.2. The molecule has 1 unspecified atom stereocenters.